The van der Waals surface area contributed by atoms with Crippen molar-refractivity contribution in [2.24, 2.45) is 5.92 Å². The Balaban J connectivity index is 2.09. The van der Waals surface area contributed by atoms with Gasteiger partial charge >= 0.3 is 12.0 Å². The third-order valence-corrected chi connectivity index (χ3v) is 3.09. The summed E-state index contributed by atoms with van der Waals surface area (Å²) in [6.45, 7) is 1.29. The number of nitrogens with zero attached hydrogens (tertiary/aromatic N) is 1. The summed E-state index contributed by atoms with van der Waals surface area (Å²) in [6.07, 6.45) is 2.43. The van der Waals surface area contributed by atoms with Crippen LogP contribution in [0.15, 0.2) is 0 Å². The highest BCUT2D eigenvalue weighted by atomic mass is 16.4. The first-order chi connectivity index (χ1) is 6.70. The lowest BCUT2D eigenvalue weighted by molar-refractivity contribution is -0.142. The molecule has 1 aliphatic heterocycles. The number of rotatable bonds is 2. The first-order valence-corrected chi connectivity index (χ1v) is 4.97. The number of carbonyl (C=O) groups excluding carboxylic acids is 1. The van der Waals surface area contributed by atoms with Gasteiger partial charge in [-0.1, -0.05) is 6.42 Å². The molecule has 0 spiro atoms. The van der Waals surface area contributed by atoms with Crippen LogP contribution in [0.4, 0.5) is 4.79 Å². The standard InChI is InChI=1S/C9H14N2O3/c12-8(13)6-2-1-3-7(6)11-5-4-10-9(11)14/h6-7H,1-5H2,(H,10,14)(H,12,13). The normalized spacial score (nSPS) is 32.0. The summed E-state index contributed by atoms with van der Waals surface area (Å²) < 4.78 is 0. The summed E-state index contributed by atoms with van der Waals surface area (Å²) in [4.78, 5) is 23.9. The van der Waals surface area contributed by atoms with Crippen LogP contribution in [-0.4, -0.2) is 41.1 Å². The van der Waals surface area contributed by atoms with Crippen molar-refractivity contribution in [3.8, 4) is 0 Å². The molecule has 5 nitrogen and oxygen atoms in total. The van der Waals surface area contributed by atoms with Crippen molar-refractivity contribution >= 4 is 12.0 Å². The van der Waals surface area contributed by atoms with Crippen LogP contribution in [0.3, 0.4) is 0 Å². The number of urea groups is 1. The lowest BCUT2D eigenvalue weighted by Crippen LogP contribution is -2.42. The molecular weight excluding hydrogens is 184 g/mol. The van der Waals surface area contributed by atoms with Crippen LogP contribution in [0, 0.1) is 5.92 Å². The fourth-order valence-corrected chi connectivity index (χ4v) is 2.40. The SMILES string of the molecule is O=C(O)C1CCCC1N1CCNC1=O. The van der Waals surface area contributed by atoms with Crippen LogP contribution in [0.2, 0.25) is 0 Å². The summed E-state index contributed by atoms with van der Waals surface area (Å²) in [5.74, 6) is -1.13. The average molecular weight is 198 g/mol. The Morgan fingerprint density at radius 2 is 2.29 bits per heavy atom. The molecule has 78 valence electrons. The molecule has 2 unspecified atom stereocenters. The number of carbonyl (C=O) groups is 2. The van der Waals surface area contributed by atoms with Gasteiger partial charge in [-0.3, -0.25) is 4.79 Å². The van der Waals surface area contributed by atoms with Gasteiger partial charge in [-0.15, -0.1) is 0 Å². The molecule has 2 aliphatic rings. The highest BCUT2D eigenvalue weighted by molar-refractivity contribution is 5.78. The van der Waals surface area contributed by atoms with Crippen LogP contribution in [0.1, 0.15) is 19.3 Å². The highest BCUT2D eigenvalue weighted by Crippen LogP contribution is 2.30. The fraction of sp³-hybridized carbons (Fsp3) is 0.778. The van der Waals surface area contributed by atoms with Crippen molar-refractivity contribution in [3.05, 3.63) is 0 Å². The molecule has 2 atom stereocenters. The van der Waals surface area contributed by atoms with Gasteiger partial charge in [0, 0.05) is 19.1 Å². The summed E-state index contributed by atoms with van der Waals surface area (Å²) >= 11 is 0. The Morgan fingerprint density at radius 3 is 2.86 bits per heavy atom. The van der Waals surface area contributed by atoms with Crippen molar-refractivity contribution in [2.45, 2.75) is 25.3 Å². The van der Waals surface area contributed by atoms with Crippen LogP contribution in [0.5, 0.6) is 0 Å². The molecule has 2 N–H and O–H groups in total. The summed E-state index contributed by atoms with van der Waals surface area (Å²) in [5, 5.41) is 11.7. The summed E-state index contributed by atoms with van der Waals surface area (Å²) in [6, 6.07) is -0.196. The molecule has 0 aromatic carbocycles. The van der Waals surface area contributed by atoms with E-state index in [1.54, 1.807) is 4.90 Å². The van der Waals surface area contributed by atoms with Crippen LogP contribution >= 0.6 is 0 Å². The van der Waals surface area contributed by atoms with E-state index in [-0.39, 0.29) is 18.0 Å². The topological polar surface area (TPSA) is 69.6 Å². The lowest BCUT2D eigenvalue weighted by atomic mass is 10.0. The molecule has 1 saturated heterocycles. The maximum atomic E-state index is 11.4. The van der Waals surface area contributed by atoms with E-state index in [1.165, 1.54) is 0 Å². The molecule has 0 bridgehead atoms. The third-order valence-electron chi connectivity index (χ3n) is 3.09. The minimum Gasteiger partial charge on any atom is -0.481 e. The van der Waals surface area contributed by atoms with E-state index >= 15 is 0 Å². The number of hydrogen-bond acceptors (Lipinski definition) is 2. The monoisotopic (exact) mass is 198 g/mol. The van der Waals surface area contributed by atoms with Gasteiger partial charge in [0.25, 0.3) is 0 Å². The predicted molar refractivity (Wildman–Crippen MR) is 48.9 cm³/mol. The van der Waals surface area contributed by atoms with Crippen molar-refractivity contribution in [2.75, 3.05) is 13.1 Å². The first kappa shape index (κ1) is 9.30. The number of hydrogen-bond donors (Lipinski definition) is 2. The second-order valence-electron chi connectivity index (χ2n) is 3.87. The van der Waals surface area contributed by atoms with E-state index < -0.39 is 5.97 Å². The Hall–Kier alpha value is -1.26. The maximum absolute atomic E-state index is 11.4. The Kier molecular flexibility index (Phi) is 2.31. The predicted octanol–water partition coefficient (Wildman–Crippen LogP) is 0.265. The van der Waals surface area contributed by atoms with Crippen molar-refractivity contribution in [1.82, 2.24) is 10.2 Å². The highest BCUT2D eigenvalue weighted by Gasteiger charge is 2.40. The molecule has 0 aromatic heterocycles. The Labute approximate surface area is 82.1 Å². The lowest BCUT2D eigenvalue weighted by Gasteiger charge is -2.25. The van der Waals surface area contributed by atoms with E-state index in [2.05, 4.69) is 5.32 Å². The molecule has 0 radical (unpaired) electrons. The minimum atomic E-state index is -0.771. The third kappa shape index (κ3) is 1.42. The smallest absolute Gasteiger partial charge is 0.317 e. The van der Waals surface area contributed by atoms with E-state index in [1.807, 2.05) is 0 Å². The zero-order chi connectivity index (χ0) is 10.1. The van der Waals surface area contributed by atoms with E-state index in [0.717, 1.165) is 12.8 Å². The molecule has 14 heavy (non-hydrogen) atoms. The maximum Gasteiger partial charge on any atom is 0.317 e. The van der Waals surface area contributed by atoms with Gasteiger partial charge in [-0.25, -0.2) is 4.79 Å². The average Bonchev–Trinajstić information content (AvgIpc) is 2.70. The molecule has 1 heterocycles. The molecule has 5 heteroatoms. The van der Waals surface area contributed by atoms with Gasteiger partial charge in [0.2, 0.25) is 0 Å². The molecule has 2 amide bonds. The second-order valence-corrected chi connectivity index (χ2v) is 3.87. The first-order valence-electron chi connectivity index (χ1n) is 4.97. The minimum absolute atomic E-state index is 0.0880. The second kappa shape index (κ2) is 3.48. The largest absolute Gasteiger partial charge is 0.481 e. The van der Waals surface area contributed by atoms with Gasteiger partial charge in [-0.2, -0.15) is 0 Å². The van der Waals surface area contributed by atoms with E-state index in [9.17, 15) is 9.59 Å². The summed E-state index contributed by atoms with van der Waals surface area (Å²) in [5.41, 5.74) is 0. The zero-order valence-electron chi connectivity index (χ0n) is 7.90. The van der Waals surface area contributed by atoms with Crippen molar-refractivity contribution < 1.29 is 14.7 Å². The quantitative estimate of drug-likeness (QED) is 0.669. The number of nitrogens with one attached hydrogen (secondary N) is 1. The van der Waals surface area contributed by atoms with Gasteiger partial charge in [0.05, 0.1) is 5.92 Å². The fourth-order valence-electron chi connectivity index (χ4n) is 2.40. The van der Waals surface area contributed by atoms with Crippen molar-refractivity contribution in [1.29, 1.82) is 0 Å². The van der Waals surface area contributed by atoms with Gasteiger partial charge in [0.1, 0.15) is 0 Å². The van der Waals surface area contributed by atoms with E-state index in [4.69, 9.17) is 5.11 Å². The number of carboxylic acids is 1. The molecule has 1 aliphatic carbocycles. The summed E-state index contributed by atoms with van der Waals surface area (Å²) in [7, 11) is 0. The van der Waals surface area contributed by atoms with Crippen molar-refractivity contribution in [3.63, 3.8) is 0 Å². The van der Waals surface area contributed by atoms with Gasteiger partial charge < -0.3 is 15.3 Å². The van der Waals surface area contributed by atoms with Crippen LogP contribution in [-0.2, 0) is 4.79 Å². The van der Waals surface area contributed by atoms with Crippen LogP contribution in [0.25, 0.3) is 0 Å². The molecule has 2 fully saturated rings. The van der Waals surface area contributed by atoms with E-state index in [0.29, 0.717) is 19.5 Å². The molecular formula is C9H14N2O3. The van der Waals surface area contributed by atoms with Gasteiger partial charge in [-0.05, 0) is 12.8 Å². The molecule has 1 saturated carbocycles. The number of aliphatic carboxylic acids is 1. The van der Waals surface area contributed by atoms with Gasteiger partial charge in [0.15, 0.2) is 0 Å². The Bertz CT molecular complexity index is 267. The number of amides is 2. The Morgan fingerprint density at radius 1 is 1.50 bits per heavy atom. The zero-order valence-corrected chi connectivity index (χ0v) is 7.90. The number of carboxylic acid groups (broad SMARTS) is 1. The molecule has 2 rings (SSSR count). The molecule has 0 aromatic rings. The van der Waals surface area contributed by atoms with Crippen LogP contribution < -0.4 is 5.32 Å².